The molecule has 0 saturated carbocycles. The Morgan fingerprint density at radius 2 is 1.37 bits per heavy atom. The SMILES string of the molecule is CNc1c([N+](=O)[O-])c(C)c([N+](=O)[O-])c(N)c1[N+](=O)[O-]. The molecule has 19 heavy (non-hydrogen) atoms. The summed E-state index contributed by atoms with van der Waals surface area (Å²) in [6.45, 7) is 1.11. The fourth-order valence-electron chi connectivity index (χ4n) is 1.75. The largest absolute Gasteiger partial charge is 0.387 e. The number of benzene rings is 1. The van der Waals surface area contributed by atoms with E-state index in [2.05, 4.69) is 5.32 Å². The van der Waals surface area contributed by atoms with Gasteiger partial charge in [0, 0.05) is 7.05 Å². The second kappa shape index (κ2) is 4.72. The van der Waals surface area contributed by atoms with Gasteiger partial charge in [-0.2, -0.15) is 0 Å². The summed E-state index contributed by atoms with van der Waals surface area (Å²) in [5.74, 6) is 0. The lowest BCUT2D eigenvalue weighted by Crippen LogP contribution is -2.09. The Morgan fingerprint density at radius 1 is 0.947 bits per heavy atom. The Kier molecular flexibility index (Phi) is 3.50. The average Bonchev–Trinajstić information content (AvgIpc) is 2.25. The van der Waals surface area contributed by atoms with Crippen LogP contribution in [0.2, 0.25) is 0 Å². The zero-order valence-electron chi connectivity index (χ0n) is 9.87. The Labute approximate surface area is 105 Å². The Hall–Kier alpha value is -2.98. The fraction of sp³-hybridized carbons (Fsp3) is 0.250. The van der Waals surface area contributed by atoms with Gasteiger partial charge in [-0.1, -0.05) is 0 Å². The molecule has 0 amide bonds. The van der Waals surface area contributed by atoms with Gasteiger partial charge in [0.1, 0.15) is 5.56 Å². The smallest absolute Gasteiger partial charge is 0.329 e. The first-order chi connectivity index (χ1) is 8.73. The number of hydrogen-bond donors (Lipinski definition) is 2. The molecular formula is C8H9N5O6. The van der Waals surface area contributed by atoms with Gasteiger partial charge in [-0.05, 0) is 6.92 Å². The number of anilines is 2. The van der Waals surface area contributed by atoms with E-state index in [1.807, 2.05) is 0 Å². The van der Waals surface area contributed by atoms with Crippen LogP contribution in [0.4, 0.5) is 28.4 Å². The minimum atomic E-state index is -0.999. The molecule has 0 aliphatic carbocycles. The van der Waals surface area contributed by atoms with E-state index in [4.69, 9.17) is 5.73 Å². The first-order valence-corrected chi connectivity index (χ1v) is 4.80. The molecule has 0 aliphatic heterocycles. The average molecular weight is 271 g/mol. The summed E-state index contributed by atoms with van der Waals surface area (Å²) in [4.78, 5) is 29.8. The van der Waals surface area contributed by atoms with Crippen LogP contribution in [0.15, 0.2) is 0 Å². The van der Waals surface area contributed by atoms with E-state index in [0.29, 0.717) is 0 Å². The minimum Gasteiger partial charge on any atom is -0.387 e. The lowest BCUT2D eigenvalue weighted by atomic mass is 10.1. The van der Waals surface area contributed by atoms with Crippen LogP contribution < -0.4 is 11.1 Å². The number of nitrogens with one attached hydrogen (secondary N) is 1. The number of nitrogens with zero attached hydrogens (tertiary/aromatic N) is 3. The lowest BCUT2D eigenvalue weighted by molar-refractivity contribution is -0.401. The molecule has 0 heterocycles. The number of rotatable bonds is 4. The molecule has 11 heteroatoms. The first kappa shape index (κ1) is 14.1. The van der Waals surface area contributed by atoms with Crippen molar-refractivity contribution in [3.05, 3.63) is 35.9 Å². The predicted molar refractivity (Wildman–Crippen MR) is 65.1 cm³/mol. The highest BCUT2D eigenvalue weighted by atomic mass is 16.6. The molecule has 0 bridgehead atoms. The Balaban J connectivity index is 3.99. The molecule has 0 atom stereocenters. The molecule has 1 rings (SSSR count). The van der Waals surface area contributed by atoms with Gasteiger partial charge >= 0.3 is 17.1 Å². The van der Waals surface area contributed by atoms with Crippen molar-refractivity contribution in [1.82, 2.24) is 0 Å². The zero-order valence-corrected chi connectivity index (χ0v) is 9.87. The van der Waals surface area contributed by atoms with Crippen LogP contribution in [0, 0.1) is 37.3 Å². The number of hydrogen-bond acceptors (Lipinski definition) is 8. The third-order valence-corrected chi connectivity index (χ3v) is 2.49. The fourth-order valence-corrected chi connectivity index (χ4v) is 1.75. The molecule has 0 aliphatic rings. The summed E-state index contributed by atoms with van der Waals surface area (Å²) < 4.78 is 0. The van der Waals surface area contributed by atoms with Crippen molar-refractivity contribution in [1.29, 1.82) is 0 Å². The molecular weight excluding hydrogens is 262 g/mol. The third kappa shape index (κ3) is 2.08. The number of nitrogens with two attached hydrogens (primary N) is 1. The van der Waals surface area contributed by atoms with Crippen LogP contribution in [0.5, 0.6) is 0 Å². The van der Waals surface area contributed by atoms with E-state index in [9.17, 15) is 30.3 Å². The lowest BCUT2D eigenvalue weighted by Gasteiger charge is -2.09. The second-order valence-corrected chi connectivity index (χ2v) is 3.48. The molecule has 11 nitrogen and oxygen atoms in total. The molecule has 3 N–H and O–H groups in total. The van der Waals surface area contributed by atoms with Crippen molar-refractivity contribution in [3.8, 4) is 0 Å². The number of nitro benzene ring substituents is 3. The monoisotopic (exact) mass is 271 g/mol. The van der Waals surface area contributed by atoms with E-state index in [1.165, 1.54) is 7.05 Å². The Bertz CT molecular complexity index is 557. The van der Waals surface area contributed by atoms with Crippen molar-refractivity contribution in [2.24, 2.45) is 0 Å². The maximum absolute atomic E-state index is 10.9. The third-order valence-electron chi connectivity index (χ3n) is 2.49. The van der Waals surface area contributed by atoms with Crippen LogP contribution >= 0.6 is 0 Å². The van der Waals surface area contributed by atoms with Gasteiger partial charge in [0.2, 0.25) is 0 Å². The highest BCUT2D eigenvalue weighted by Crippen LogP contribution is 2.47. The maximum Gasteiger partial charge on any atom is 0.329 e. The molecule has 1 aromatic carbocycles. The first-order valence-electron chi connectivity index (χ1n) is 4.80. The van der Waals surface area contributed by atoms with Gasteiger partial charge in [0.05, 0.1) is 14.8 Å². The molecule has 0 spiro atoms. The molecule has 0 aromatic heterocycles. The van der Waals surface area contributed by atoms with Crippen LogP contribution in [0.3, 0.4) is 0 Å². The van der Waals surface area contributed by atoms with E-state index >= 15 is 0 Å². The van der Waals surface area contributed by atoms with E-state index in [1.54, 1.807) is 0 Å². The Morgan fingerprint density at radius 3 is 1.68 bits per heavy atom. The standard InChI is InChI=1S/C8H9N5O6/c1-3-6(11(14)15)4(9)8(13(18)19)5(10-2)7(3)12(16)17/h10H,9H2,1-2H3. The van der Waals surface area contributed by atoms with Crippen LogP contribution in [-0.4, -0.2) is 21.8 Å². The van der Waals surface area contributed by atoms with Crippen molar-refractivity contribution >= 4 is 28.4 Å². The van der Waals surface area contributed by atoms with Gasteiger partial charge < -0.3 is 11.1 Å². The van der Waals surface area contributed by atoms with Crippen LogP contribution in [0.25, 0.3) is 0 Å². The van der Waals surface area contributed by atoms with Gasteiger partial charge in [-0.15, -0.1) is 0 Å². The highest BCUT2D eigenvalue weighted by Gasteiger charge is 2.38. The predicted octanol–water partition coefficient (Wildman–Crippen LogP) is 1.34. The van der Waals surface area contributed by atoms with Gasteiger partial charge in [0.25, 0.3) is 0 Å². The topological polar surface area (TPSA) is 167 Å². The van der Waals surface area contributed by atoms with E-state index < -0.39 is 43.2 Å². The highest BCUT2D eigenvalue weighted by molar-refractivity contribution is 5.91. The summed E-state index contributed by atoms with van der Waals surface area (Å²) in [5, 5.41) is 35.0. The molecule has 1 aromatic rings. The minimum absolute atomic E-state index is 0.345. The summed E-state index contributed by atoms with van der Waals surface area (Å²) >= 11 is 0. The van der Waals surface area contributed by atoms with Gasteiger partial charge in [0.15, 0.2) is 11.4 Å². The van der Waals surface area contributed by atoms with Crippen molar-refractivity contribution in [2.45, 2.75) is 6.92 Å². The second-order valence-electron chi connectivity index (χ2n) is 3.48. The summed E-state index contributed by atoms with van der Waals surface area (Å²) in [6, 6.07) is 0. The van der Waals surface area contributed by atoms with Crippen LogP contribution in [0.1, 0.15) is 5.56 Å². The van der Waals surface area contributed by atoms with Crippen molar-refractivity contribution < 1.29 is 14.8 Å². The van der Waals surface area contributed by atoms with Crippen molar-refractivity contribution in [3.63, 3.8) is 0 Å². The normalized spacial score (nSPS) is 10.0. The molecule has 0 unspecified atom stereocenters. The number of nitro groups is 3. The molecule has 0 fully saturated rings. The summed E-state index contributed by atoms with van der Waals surface area (Å²) in [6.07, 6.45) is 0. The van der Waals surface area contributed by atoms with Crippen LogP contribution in [-0.2, 0) is 0 Å². The quantitative estimate of drug-likeness (QED) is 0.469. The molecule has 0 saturated heterocycles. The summed E-state index contributed by atoms with van der Waals surface area (Å²) in [5.41, 5.74) is 1.40. The molecule has 0 radical (unpaired) electrons. The number of nitrogen functional groups attached to an aromatic ring is 1. The van der Waals surface area contributed by atoms with Gasteiger partial charge in [-0.3, -0.25) is 30.3 Å². The van der Waals surface area contributed by atoms with E-state index in [-0.39, 0.29) is 5.56 Å². The zero-order chi connectivity index (χ0) is 14.9. The van der Waals surface area contributed by atoms with Crippen molar-refractivity contribution in [2.75, 3.05) is 18.1 Å². The van der Waals surface area contributed by atoms with Gasteiger partial charge in [-0.25, -0.2) is 0 Å². The molecule has 102 valence electrons. The maximum atomic E-state index is 10.9. The van der Waals surface area contributed by atoms with E-state index in [0.717, 1.165) is 6.92 Å². The summed E-state index contributed by atoms with van der Waals surface area (Å²) in [7, 11) is 1.22.